The molecule has 4 heterocycles. The number of alkyl carbamates (subject to hydrolysis) is 1. The molecule has 5 fully saturated rings. The highest BCUT2D eigenvalue weighted by molar-refractivity contribution is 5.88. The van der Waals surface area contributed by atoms with E-state index in [4.69, 9.17) is 14.7 Å². The van der Waals surface area contributed by atoms with Gasteiger partial charge in [0.1, 0.15) is 23.7 Å². The molecule has 10 atom stereocenters. The number of aromatic nitrogens is 4. The van der Waals surface area contributed by atoms with Crippen molar-refractivity contribution < 1.29 is 29.0 Å². The Labute approximate surface area is 337 Å². The molecule has 14 nitrogen and oxygen atoms in total. The third-order valence-electron chi connectivity index (χ3n) is 13.2. The Morgan fingerprint density at radius 1 is 0.672 bits per heavy atom. The summed E-state index contributed by atoms with van der Waals surface area (Å²) in [7, 11) is 1.31. The number of carbonyl (C=O) groups excluding carboxylic acids is 3. The molecular formula is C44H52N8O6. The number of nitrogens with zero attached hydrogens (tertiary/aromatic N) is 4. The third kappa shape index (κ3) is 7.00. The first kappa shape index (κ1) is 37.9. The molecule has 5 N–H and O–H groups in total. The standard InChI is InChI=1S/C44H52N8O6/c1-21(2)37(49-43(55)56)41(53)51-33-14-27(33)16-35(51)39-45-19-31(47-39)25-10-6-23(7-11-25)29-18-30(29)24-8-12-26(13-9-24)32-20-46-40(48-32)36-17-28-15-34(28)52(36)42(54)38(22(3)4)50-44(57)58-5/h6-13,19-22,27-30,33-38,49H,14-18H2,1-5H3,(H,45,47)(H,46,48)(H,50,57)(H,55,56)/t27-,28+,29+,30+,33-,34-,35+,36+,37+,38+/m1/s1. The number of fused-ring (bicyclic) bond motifs is 2. The molecular weight excluding hydrogens is 737 g/mol. The van der Waals surface area contributed by atoms with Gasteiger partial charge in [-0.3, -0.25) is 9.59 Å². The third-order valence-corrected chi connectivity index (χ3v) is 13.2. The van der Waals surface area contributed by atoms with E-state index in [0.717, 1.165) is 66.3 Å². The Bertz CT molecular complexity index is 2210. The van der Waals surface area contributed by atoms with Crippen LogP contribution >= 0.6 is 0 Å². The van der Waals surface area contributed by atoms with Crippen LogP contribution in [0.1, 0.15) is 106 Å². The lowest BCUT2D eigenvalue weighted by Crippen LogP contribution is -2.52. The van der Waals surface area contributed by atoms with Crippen LogP contribution < -0.4 is 10.6 Å². The predicted octanol–water partition coefficient (Wildman–Crippen LogP) is 6.73. The summed E-state index contributed by atoms with van der Waals surface area (Å²) in [6.07, 6.45) is 6.59. The van der Waals surface area contributed by atoms with E-state index in [-0.39, 0.29) is 47.8 Å². The summed E-state index contributed by atoms with van der Waals surface area (Å²) < 4.78 is 4.80. The average molecular weight is 789 g/mol. The smallest absolute Gasteiger partial charge is 0.407 e. The molecule has 2 aromatic heterocycles. The van der Waals surface area contributed by atoms with Crippen molar-refractivity contribution in [2.45, 2.75) is 108 Å². The maximum absolute atomic E-state index is 13.8. The van der Waals surface area contributed by atoms with Crippen molar-refractivity contribution in [2.24, 2.45) is 23.7 Å². The molecule has 3 aliphatic carbocycles. The number of likely N-dealkylation sites (tertiary alicyclic amines) is 2. The second kappa shape index (κ2) is 14.6. The molecule has 2 saturated heterocycles. The summed E-state index contributed by atoms with van der Waals surface area (Å²) in [6, 6.07) is 15.8. The molecule has 4 amide bonds. The van der Waals surface area contributed by atoms with Crippen molar-refractivity contribution in [3.05, 3.63) is 83.7 Å². The quantitative estimate of drug-likeness (QED) is 0.105. The van der Waals surface area contributed by atoms with E-state index in [9.17, 15) is 24.3 Å². The Balaban J connectivity index is 0.829. The molecule has 2 aliphatic heterocycles. The van der Waals surface area contributed by atoms with Crippen molar-refractivity contribution in [2.75, 3.05) is 7.11 Å². The summed E-state index contributed by atoms with van der Waals surface area (Å²) >= 11 is 0. The Morgan fingerprint density at radius 2 is 1.10 bits per heavy atom. The molecule has 4 aromatic rings. The Morgan fingerprint density at radius 3 is 1.50 bits per heavy atom. The molecule has 3 saturated carbocycles. The number of nitrogens with one attached hydrogen (secondary N) is 4. The van der Waals surface area contributed by atoms with E-state index >= 15 is 0 Å². The maximum Gasteiger partial charge on any atom is 0.407 e. The molecule has 0 spiro atoms. The van der Waals surface area contributed by atoms with Crippen molar-refractivity contribution in [1.29, 1.82) is 0 Å². The topological polar surface area (TPSA) is 186 Å². The second-order valence-corrected chi connectivity index (χ2v) is 17.7. The Hall–Kier alpha value is -5.66. The zero-order chi connectivity index (χ0) is 40.6. The number of ether oxygens (including phenoxy) is 1. The van der Waals surface area contributed by atoms with Crippen LogP contribution in [0.4, 0.5) is 9.59 Å². The van der Waals surface area contributed by atoms with E-state index in [1.54, 1.807) is 0 Å². The molecule has 9 rings (SSSR count). The average Bonchev–Trinajstić information content (AvgIpc) is 4.14. The second-order valence-electron chi connectivity index (χ2n) is 17.7. The minimum atomic E-state index is -1.19. The van der Waals surface area contributed by atoms with Crippen LogP contribution in [0.5, 0.6) is 0 Å². The zero-order valence-corrected chi connectivity index (χ0v) is 33.5. The normalized spacial score (nSPS) is 27.5. The fourth-order valence-electron chi connectivity index (χ4n) is 9.76. The van der Waals surface area contributed by atoms with Gasteiger partial charge >= 0.3 is 12.2 Å². The lowest BCUT2D eigenvalue weighted by atomic mass is 10.0. The van der Waals surface area contributed by atoms with Gasteiger partial charge in [-0.25, -0.2) is 19.6 Å². The van der Waals surface area contributed by atoms with Crippen LogP contribution in [0, 0.1) is 23.7 Å². The van der Waals surface area contributed by atoms with Crippen molar-refractivity contribution in [3.8, 4) is 22.5 Å². The lowest BCUT2D eigenvalue weighted by Gasteiger charge is -2.31. The number of carboxylic acid groups (broad SMARTS) is 1. The van der Waals surface area contributed by atoms with Gasteiger partial charge in [-0.2, -0.15) is 0 Å². The van der Waals surface area contributed by atoms with E-state index in [2.05, 4.69) is 69.1 Å². The van der Waals surface area contributed by atoms with Crippen LogP contribution in [0.2, 0.25) is 0 Å². The number of imidazole rings is 2. The summed E-state index contributed by atoms with van der Waals surface area (Å²) in [5, 5.41) is 14.5. The fourth-order valence-corrected chi connectivity index (χ4v) is 9.76. The molecule has 0 unspecified atom stereocenters. The summed E-state index contributed by atoms with van der Waals surface area (Å²) in [5.74, 6) is 2.76. The van der Waals surface area contributed by atoms with Crippen LogP contribution in [0.3, 0.4) is 0 Å². The predicted molar refractivity (Wildman–Crippen MR) is 214 cm³/mol. The molecule has 0 radical (unpaired) electrons. The van der Waals surface area contributed by atoms with Crippen molar-refractivity contribution in [1.82, 2.24) is 40.4 Å². The van der Waals surface area contributed by atoms with Crippen LogP contribution in [-0.2, 0) is 14.3 Å². The van der Waals surface area contributed by atoms with E-state index in [0.29, 0.717) is 23.7 Å². The molecule has 2 aromatic carbocycles. The minimum absolute atomic E-state index is 0.0896. The van der Waals surface area contributed by atoms with Crippen LogP contribution in [0.15, 0.2) is 60.9 Å². The van der Waals surface area contributed by atoms with Gasteiger partial charge in [0, 0.05) is 12.1 Å². The minimum Gasteiger partial charge on any atom is -0.465 e. The molecule has 14 heteroatoms. The number of benzene rings is 2. The number of piperidine rings is 2. The lowest BCUT2D eigenvalue weighted by molar-refractivity contribution is -0.137. The van der Waals surface area contributed by atoms with E-state index in [1.807, 2.05) is 49.9 Å². The summed E-state index contributed by atoms with van der Waals surface area (Å²) in [6.45, 7) is 7.57. The molecule has 5 aliphatic rings. The van der Waals surface area contributed by atoms with Crippen LogP contribution in [0.25, 0.3) is 22.5 Å². The maximum atomic E-state index is 13.8. The van der Waals surface area contributed by atoms with Crippen LogP contribution in [-0.4, -0.2) is 90.1 Å². The first-order chi connectivity index (χ1) is 27.9. The number of H-pyrrole nitrogens is 2. The van der Waals surface area contributed by atoms with Crippen molar-refractivity contribution >= 4 is 24.0 Å². The highest BCUT2D eigenvalue weighted by Gasteiger charge is 2.57. The van der Waals surface area contributed by atoms with Gasteiger partial charge in [-0.05, 0) is 89.9 Å². The van der Waals surface area contributed by atoms with E-state index in [1.165, 1.54) is 18.2 Å². The number of methoxy groups -OCH3 is 1. The number of aromatic amines is 2. The number of rotatable bonds is 12. The zero-order valence-electron chi connectivity index (χ0n) is 33.5. The molecule has 304 valence electrons. The van der Waals surface area contributed by atoms with Gasteiger partial charge in [0.15, 0.2) is 0 Å². The van der Waals surface area contributed by atoms with Gasteiger partial charge in [0.25, 0.3) is 0 Å². The number of hydrogen-bond acceptors (Lipinski definition) is 7. The van der Waals surface area contributed by atoms with Gasteiger partial charge in [0.2, 0.25) is 11.8 Å². The highest BCUT2D eigenvalue weighted by Crippen LogP contribution is 2.56. The summed E-state index contributed by atoms with van der Waals surface area (Å²) in [5.41, 5.74) is 6.46. The SMILES string of the molecule is COC(=O)N[C@H](C(=O)N1[C@@H]2C[C@H]2C[C@H]1c1ncc(-c2ccc([C@@H]3C[C@H]3c3ccc(-c4cnc([C@@H]5C[C@H]6C[C@H]6N5C(=O)[C@@H](NC(=O)O)C(C)C)[nH]4)cc3)cc2)[nH]1)C(C)C. The number of hydrogen-bond donors (Lipinski definition) is 5. The van der Waals surface area contributed by atoms with Gasteiger partial charge in [-0.1, -0.05) is 76.2 Å². The highest BCUT2D eigenvalue weighted by atomic mass is 16.5. The largest absolute Gasteiger partial charge is 0.465 e. The van der Waals surface area contributed by atoms with E-state index < -0.39 is 24.3 Å². The molecule has 0 bridgehead atoms. The monoisotopic (exact) mass is 788 g/mol. The first-order valence-corrected chi connectivity index (χ1v) is 20.7. The first-order valence-electron chi connectivity index (χ1n) is 20.7. The number of amides is 4. The van der Waals surface area contributed by atoms with Gasteiger partial charge < -0.3 is 40.2 Å². The fraction of sp³-hybridized carbons (Fsp3) is 0.500. The van der Waals surface area contributed by atoms with Gasteiger partial charge in [0.05, 0.1) is 43.0 Å². The van der Waals surface area contributed by atoms with Gasteiger partial charge in [-0.15, -0.1) is 0 Å². The molecule has 58 heavy (non-hydrogen) atoms. The Kier molecular flexibility index (Phi) is 9.55. The van der Waals surface area contributed by atoms with Crippen molar-refractivity contribution in [3.63, 3.8) is 0 Å². The number of carbonyl (C=O) groups is 4. The summed E-state index contributed by atoms with van der Waals surface area (Å²) in [4.78, 5) is 71.2.